The summed E-state index contributed by atoms with van der Waals surface area (Å²) in [5, 5.41) is 0. The van der Waals surface area contributed by atoms with Crippen LogP contribution in [0.15, 0.2) is 17.0 Å². The molecule has 0 aliphatic rings. The smallest absolute Gasteiger partial charge is 0.241 e. The Bertz CT molecular complexity index is 559. The number of nitrogens with two attached hydrogens (primary N) is 1. The second-order valence-electron chi connectivity index (χ2n) is 5.14. The second kappa shape index (κ2) is 7.04. The van der Waals surface area contributed by atoms with Crippen LogP contribution in [0.5, 0.6) is 0 Å². The van der Waals surface area contributed by atoms with E-state index in [1.165, 1.54) is 13.0 Å². The van der Waals surface area contributed by atoms with Crippen molar-refractivity contribution in [3.8, 4) is 0 Å². The maximum absolute atomic E-state index is 13.6. The Labute approximate surface area is 120 Å². The molecular formula is C14H23FN2O2S. The highest BCUT2D eigenvalue weighted by Gasteiger charge is 2.21. The zero-order valence-corrected chi connectivity index (χ0v) is 13.1. The molecule has 1 aromatic rings. The van der Waals surface area contributed by atoms with Crippen molar-refractivity contribution in [1.29, 1.82) is 0 Å². The van der Waals surface area contributed by atoms with Crippen molar-refractivity contribution < 1.29 is 12.8 Å². The van der Waals surface area contributed by atoms with Crippen LogP contribution in [-0.2, 0) is 10.0 Å². The van der Waals surface area contributed by atoms with Crippen LogP contribution in [0.3, 0.4) is 0 Å². The van der Waals surface area contributed by atoms with Gasteiger partial charge in [-0.2, -0.15) is 0 Å². The van der Waals surface area contributed by atoms with E-state index in [2.05, 4.69) is 11.6 Å². The summed E-state index contributed by atoms with van der Waals surface area (Å²) >= 11 is 0. The van der Waals surface area contributed by atoms with Gasteiger partial charge in [-0.05, 0) is 32.4 Å². The molecule has 0 spiro atoms. The van der Waals surface area contributed by atoms with Crippen molar-refractivity contribution in [1.82, 2.24) is 4.72 Å². The number of hydrogen-bond acceptors (Lipinski definition) is 3. The number of unbranched alkanes of at least 4 members (excludes halogenated alkanes) is 2. The summed E-state index contributed by atoms with van der Waals surface area (Å²) in [6.45, 7) is 5.34. The van der Waals surface area contributed by atoms with E-state index in [-0.39, 0.29) is 22.2 Å². The van der Waals surface area contributed by atoms with Gasteiger partial charge in [0.15, 0.2) is 0 Å². The number of benzene rings is 1. The van der Waals surface area contributed by atoms with Crippen LogP contribution >= 0.6 is 0 Å². The van der Waals surface area contributed by atoms with Crippen LogP contribution in [0, 0.1) is 12.7 Å². The van der Waals surface area contributed by atoms with Crippen molar-refractivity contribution in [3.05, 3.63) is 23.5 Å². The van der Waals surface area contributed by atoms with Crippen LogP contribution in [0.2, 0.25) is 0 Å². The van der Waals surface area contributed by atoms with Crippen LogP contribution in [0.25, 0.3) is 0 Å². The summed E-state index contributed by atoms with van der Waals surface area (Å²) in [7, 11) is -3.74. The molecule has 6 heteroatoms. The standard InChI is InChI=1S/C14H23FN2O2S/c1-4-5-6-7-10(2)17-20(18,19)14-9-12(16)8-13(15)11(14)3/h8-10,17H,4-7,16H2,1-3H3. The van der Waals surface area contributed by atoms with E-state index in [1.54, 1.807) is 0 Å². The quantitative estimate of drug-likeness (QED) is 0.601. The molecule has 0 fully saturated rings. The summed E-state index contributed by atoms with van der Waals surface area (Å²) in [5.74, 6) is -0.607. The van der Waals surface area contributed by atoms with Crippen molar-refractivity contribution in [2.45, 2.75) is 57.4 Å². The third-order valence-electron chi connectivity index (χ3n) is 3.21. The molecule has 1 aromatic carbocycles. The number of nitrogen functional groups attached to an aromatic ring is 1. The van der Waals surface area contributed by atoms with E-state index in [0.29, 0.717) is 0 Å². The van der Waals surface area contributed by atoms with E-state index in [4.69, 9.17) is 5.73 Å². The van der Waals surface area contributed by atoms with E-state index in [0.717, 1.165) is 31.7 Å². The van der Waals surface area contributed by atoms with E-state index >= 15 is 0 Å². The summed E-state index contributed by atoms with van der Waals surface area (Å²) in [4.78, 5) is -0.0858. The molecule has 1 unspecified atom stereocenters. The van der Waals surface area contributed by atoms with Gasteiger partial charge >= 0.3 is 0 Å². The fourth-order valence-electron chi connectivity index (χ4n) is 2.04. The molecule has 0 aromatic heterocycles. The summed E-state index contributed by atoms with van der Waals surface area (Å²) in [6, 6.07) is 2.23. The van der Waals surface area contributed by atoms with Crippen molar-refractivity contribution in [3.63, 3.8) is 0 Å². The number of halogens is 1. The van der Waals surface area contributed by atoms with Crippen LogP contribution in [0.4, 0.5) is 10.1 Å². The average Bonchev–Trinajstić information content (AvgIpc) is 2.33. The third-order valence-corrected chi connectivity index (χ3v) is 4.92. The van der Waals surface area contributed by atoms with Gasteiger partial charge in [0.2, 0.25) is 10.0 Å². The fourth-order valence-corrected chi connectivity index (χ4v) is 3.61. The molecule has 1 rings (SSSR count). The Kier molecular flexibility index (Phi) is 5.95. The maximum atomic E-state index is 13.6. The summed E-state index contributed by atoms with van der Waals surface area (Å²) in [5.41, 5.74) is 5.72. The Morgan fingerprint density at radius 1 is 1.35 bits per heavy atom. The lowest BCUT2D eigenvalue weighted by Crippen LogP contribution is -2.33. The molecule has 0 aliphatic heterocycles. The Balaban J connectivity index is 2.89. The Morgan fingerprint density at radius 3 is 2.60 bits per heavy atom. The molecular weight excluding hydrogens is 279 g/mol. The number of anilines is 1. The first kappa shape index (κ1) is 16.9. The van der Waals surface area contributed by atoms with E-state index in [1.807, 2.05) is 6.92 Å². The molecule has 0 radical (unpaired) electrons. The SMILES string of the molecule is CCCCCC(C)NS(=O)(=O)c1cc(N)cc(F)c1C. The monoisotopic (exact) mass is 302 g/mol. The van der Waals surface area contributed by atoms with Gasteiger partial charge in [0.05, 0.1) is 4.90 Å². The van der Waals surface area contributed by atoms with E-state index < -0.39 is 15.8 Å². The lowest BCUT2D eigenvalue weighted by molar-refractivity contribution is 0.525. The highest BCUT2D eigenvalue weighted by molar-refractivity contribution is 7.89. The van der Waals surface area contributed by atoms with Gasteiger partial charge in [-0.1, -0.05) is 26.2 Å². The van der Waals surface area contributed by atoms with Gasteiger partial charge in [-0.15, -0.1) is 0 Å². The van der Waals surface area contributed by atoms with Gasteiger partial charge in [0.1, 0.15) is 5.82 Å². The van der Waals surface area contributed by atoms with Crippen LogP contribution in [-0.4, -0.2) is 14.5 Å². The topological polar surface area (TPSA) is 72.2 Å². The molecule has 1 atom stereocenters. The first-order valence-corrected chi connectivity index (χ1v) is 8.34. The van der Waals surface area contributed by atoms with Gasteiger partial charge in [-0.25, -0.2) is 17.5 Å². The predicted molar refractivity (Wildman–Crippen MR) is 79.5 cm³/mol. The molecule has 0 amide bonds. The zero-order chi connectivity index (χ0) is 15.3. The van der Waals surface area contributed by atoms with Crippen molar-refractivity contribution >= 4 is 15.7 Å². The maximum Gasteiger partial charge on any atom is 0.241 e. The van der Waals surface area contributed by atoms with Crippen LogP contribution < -0.4 is 10.5 Å². The lowest BCUT2D eigenvalue weighted by Gasteiger charge is -2.16. The van der Waals surface area contributed by atoms with Gasteiger partial charge in [0, 0.05) is 17.3 Å². The Hall–Kier alpha value is -1.14. The highest BCUT2D eigenvalue weighted by Crippen LogP contribution is 2.22. The van der Waals surface area contributed by atoms with Crippen molar-refractivity contribution in [2.24, 2.45) is 0 Å². The van der Waals surface area contributed by atoms with Crippen molar-refractivity contribution in [2.75, 3.05) is 5.73 Å². The molecule has 0 aliphatic carbocycles. The molecule has 0 saturated carbocycles. The third kappa shape index (κ3) is 4.45. The molecule has 3 N–H and O–H groups in total. The first-order valence-electron chi connectivity index (χ1n) is 6.86. The molecule has 0 heterocycles. The summed E-state index contributed by atoms with van der Waals surface area (Å²) < 4.78 is 40.7. The minimum Gasteiger partial charge on any atom is -0.399 e. The average molecular weight is 302 g/mol. The van der Waals surface area contributed by atoms with Crippen LogP contribution in [0.1, 0.15) is 45.1 Å². The molecule has 0 saturated heterocycles. The van der Waals surface area contributed by atoms with Gasteiger partial charge < -0.3 is 5.73 Å². The first-order chi connectivity index (χ1) is 9.27. The normalized spacial score (nSPS) is 13.4. The largest absolute Gasteiger partial charge is 0.399 e. The number of sulfonamides is 1. The fraction of sp³-hybridized carbons (Fsp3) is 0.571. The second-order valence-corrected chi connectivity index (χ2v) is 6.83. The van der Waals surface area contributed by atoms with Gasteiger partial charge in [-0.3, -0.25) is 0 Å². The lowest BCUT2D eigenvalue weighted by atomic mass is 10.1. The molecule has 20 heavy (non-hydrogen) atoms. The minimum atomic E-state index is -3.74. The highest BCUT2D eigenvalue weighted by atomic mass is 32.2. The number of hydrogen-bond donors (Lipinski definition) is 2. The Morgan fingerprint density at radius 2 is 2.00 bits per heavy atom. The number of nitrogens with one attached hydrogen (secondary N) is 1. The predicted octanol–water partition coefficient (Wildman–Crippen LogP) is 2.96. The number of rotatable bonds is 7. The summed E-state index contributed by atoms with van der Waals surface area (Å²) in [6.07, 6.45) is 3.87. The zero-order valence-electron chi connectivity index (χ0n) is 12.2. The van der Waals surface area contributed by atoms with E-state index in [9.17, 15) is 12.8 Å². The molecule has 0 bridgehead atoms. The molecule has 114 valence electrons. The molecule has 4 nitrogen and oxygen atoms in total. The minimum absolute atomic E-state index is 0.0858. The van der Waals surface area contributed by atoms with Gasteiger partial charge in [0.25, 0.3) is 0 Å².